The monoisotopic (exact) mass is 232 g/mol. The summed E-state index contributed by atoms with van der Waals surface area (Å²) in [4.78, 5) is 13.9. The molecule has 0 bridgehead atoms. The minimum Gasteiger partial charge on any atom is -0.336 e. The Kier molecular flexibility index (Phi) is 3.48. The molecule has 0 saturated carbocycles. The minimum atomic E-state index is 0.0897. The summed E-state index contributed by atoms with van der Waals surface area (Å²) < 4.78 is 0. The van der Waals surface area contributed by atoms with E-state index >= 15 is 0 Å². The smallest absolute Gasteiger partial charge is 0.223 e. The lowest BCUT2D eigenvalue weighted by molar-refractivity contribution is -0.129. The fourth-order valence-corrected chi connectivity index (χ4v) is 2.40. The van der Waals surface area contributed by atoms with Crippen molar-refractivity contribution < 1.29 is 4.79 Å². The Hall–Kier alpha value is -1.35. The van der Waals surface area contributed by atoms with Gasteiger partial charge in [0.1, 0.15) is 0 Å². The molecule has 0 aromatic heterocycles. The molecule has 1 aromatic rings. The fourth-order valence-electron chi connectivity index (χ4n) is 2.40. The van der Waals surface area contributed by atoms with E-state index in [2.05, 4.69) is 19.1 Å². The lowest BCUT2D eigenvalue weighted by atomic mass is 10.0. The van der Waals surface area contributed by atoms with Crippen LogP contribution in [0.2, 0.25) is 0 Å². The van der Waals surface area contributed by atoms with E-state index in [1.54, 1.807) is 0 Å². The van der Waals surface area contributed by atoms with E-state index in [0.29, 0.717) is 12.3 Å². The number of amides is 1. The second kappa shape index (κ2) is 4.88. The molecule has 1 amide bonds. The second-order valence-electron chi connectivity index (χ2n) is 4.96. The van der Waals surface area contributed by atoms with Crippen LogP contribution in [0.3, 0.4) is 0 Å². The number of carbonyl (C=O) groups excluding carboxylic acids is 1. The zero-order valence-electron chi connectivity index (χ0n) is 10.5. The molecule has 1 fully saturated rings. The zero-order valence-corrected chi connectivity index (χ0v) is 10.5. The molecule has 1 aliphatic rings. The molecule has 3 atom stereocenters. The summed E-state index contributed by atoms with van der Waals surface area (Å²) >= 11 is 0. The molecule has 1 aliphatic heterocycles. The highest BCUT2D eigenvalue weighted by Gasteiger charge is 2.34. The van der Waals surface area contributed by atoms with Crippen LogP contribution in [0, 0.1) is 5.92 Å². The molecular formula is C14H20N2O. The summed E-state index contributed by atoms with van der Waals surface area (Å²) in [6, 6.07) is 10.4. The molecule has 1 unspecified atom stereocenters. The van der Waals surface area contributed by atoms with Crippen LogP contribution in [-0.4, -0.2) is 23.4 Å². The number of nitrogens with two attached hydrogens (primary N) is 1. The highest BCUT2D eigenvalue weighted by molar-refractivity contribution is 5.79. The predicted molar refractivity (Wildman–Crippen MR) is 68.3 cm³/mol. The Morgan fingerprint density at radius 1 is 1.29 bits per heavy atom. The molecule has 1 heterocycles. The van der Waals surface area contributed by atoms with E-state index in [4.69, 9.17) is 5.73 Å². The summed E-state index contributed by atoms with van der Waals surface area (Å²) in [5.74, 6) is 0.525. The van der Waals surface area contributed by atoms with Gasteiger partial charge in [-0.05, 0) is 19.4 Å². The summed E-state index contributed by atoms with van der Waals surface area (Å²) in [6.45, 7) is 4.85. The molecule has 17 heavy (non-hydrogen) atoms. The number of benzene rings is 1. The van der Waals surface area contributed by atoms with Gasteiger partial charge < -0.3 is 10.6 Å². The van der Waals surface area contributed by atoms with Crippen LogP contribution in [0.1, 0.15) is 31.9 Å². The van der Waals surface area contributed by atoms with E-state index in [0.717, 1.165) is 6.54 Å². The molecule has 92 valence electrons. The fraction of sp³-hybridized carbons (Fsp3) is 0.500. The van der Waals surface area contributed by atoms with Crippen molar-refractivity contribution in [1.82, 2.24) is 4.90 Å². The van der Waals surface area contributed by atoms with Gasteiger partial charge in [-0.2, -0.15) is 0 Å². The maximum Gasteiger partial charge on any atom is 0.223 e. The number of nitrogens with zero attached hydrogens (tertiary/aromatic N) is 1. The lowest BCUT2D eigenvalue weighted by Gasteiger charge is -2.25. The molecule has 1 saturated heterocycles. The molecule has 0 aliphatic carbocycles. The third-order valence-corrected chi connectivity index (χ3v) is 3.68. The largest absolute Gasteiger partial charge is 0.336 e. The molecule has 0 radical (unpaired) electrons. The molecule has 2 rings (SSSR count). The Bertz CT molecular complexity index is 388. The van der Waals surface area contributed by atoms with E-state index in [1.807, 2.05) is 30.0 Å². The number of hydrogen-bond donors (Lipinski definition) is 1. The van der Waals surface area contributed by atoms with Crippen molar-refractivity contribution in [3.8, 4) is 0 Å². The van der Waals surface area contributed by atoms with Gasteiger partial charge in [0.05, 0.1) is 6.04 Å². The van der Waals surface area contributed by atoms with Crippen molar-refractivity contribution in [2.24, 2.45) is 11.7 Å². The van der Waals surface area contributed by atoms with Crippen LogP contribution >= 0.6 is 0 Å². The summed E-state index contributed by atoms with van der Waals surface area (Å²) in [5, 5.41) is 0. The summed E-state index contributed by atoms with van der Waals surface area (Å²) in [7, 11) is 0. The third-order valence-electron chi connectivity index (χ3n) is 3.68. The van der Waals surface area contributed by atoms with Crippen molar-refractivity contribution in [2.45, 2.75) is 32.4 Å². The normalized spacial score (nSPS) is 23.8. The summed E-state index contributed by atoms with van der Waals surface area (Å²) in [5.41, 5.74) is 7.07. The average molecular weight is 232 g/mol. The van der Waals surface area contributed by atoms with Gasteiger partial charge in [-0.15, -0.1) is 0 Å². The molecular weight excluding hydrogens is 212 g/mol. The Morgan fingerprint density at radius 3 is 2.47 bits per heavy atom. The van der Waals surface area contributed by atoms with Gasteiger partial charge in [0.2, 0.25) is 5.91 Å². The standard InChI is InChI=1S/C14H20N2O/c1-10(15)13-8-14(17)16(9-13)11(2)12-6-4-3-5-7-12/h3-7,10-11,13H,8-9,15H2,1-2H3/t10?,11-,13+/m0/s1. The number of likely N-dealkylation sites (tertiary alicyclic amines) is 1. The number of hydrogen-bond acceptors (Lipinski definition) is 2. The van der Waals surface area contributed by atoms with Crippen molar-refractivity contribution in [3.63, 3.8) is 0 Å². The summed E-state index contributed by atoms with van der Waals surface area (Å²) in [6.07, 6.45) is 0.592. The minimum absolute atomic E-state index is 0.0897. The molecule has 3 nitrogen and oxygen atoms in total. The molecule has 0 spiro atoms. The van der Waals surface area contributed by atoms with E-state index < -0.39 is 0 Å². The third kappa shape index (κ3) is 2.50. The maximum absolute atomic E-state index is 12.0. The first kappa shape index (κ1) is 12.1. The van der Waals surface area contributed by atoms with Gasteiger partial charge in [-0.25, -0.2) is 0 Å². The van der Waals surface area contributed by atoms with Crippen molar-refractivity contribution in [1.29, 1.82) is 0 Å². The Balaban J connectivity index is 2.11. The first-order valence-corrected chi connectivity index (χ1v) is 6.19. The van der Waals surface area contributed by atoms with Crippen LogP contribution in [0.5, 0.6) is 0 Å². The van der Waals surface area contributed by atoms with Crippen LogP contribution in [-0.2, 0) is 4.79 Å². The van der Waals surface area contributed by atoms with Crippen molar-refractivity contribution in [3.05, 3.63) is 35.9 Å². The van der Waals surface area contributed by atoms with E-state index in [9.17, 15) is 4.79 Å². The van der Waals surface area contributed by atoms with Gasteiger partial charge in [-0.3, -0.25) is 4.79 Å². The van der Waals surface area contributed by atoms with Crippen LogP contribution in [0.25, 0.3) is 0 Å². The first-order valence-electron chi connectivity index (χ1n) is 6.19. The average Bonchev–Trinajstić information content (AvgIpc) is 2.72. The van der Waals surface area contributed by atoms with Crippen molar-refractivity contribution >= 4 is 5.91 Å². The highest BCUT2D eigenvalue weighted by atomic mass is 16.2. The molecule has 3 heteroatoms. The van der Waals surface area contributed by atoms with Crippen LogP contribution in [0.15, 0.2) is 30.3 Å². The quantitative estimate of drug-likeness (QED) is 0.865. The second-order valence-corrected chi connectivity index (χ2v) is 4.96. The van der Waals surface area contributed by atoms with Gasteiger partial charge in [0.25, 0.3) is 0 Å². The SMILES string of the molecule is CC(N)[C@@H]1CC(=O)N([C@@H](C)c2ccccc2)C1. The number of carbonyl (C=O) groups is 1. The Labute approximate surface area is 103 Å². The highest BCUT2D eigenvalue weighted by Crippen LogP contribution is 2.29. The van der Waals surface area contributed by atoms with Crippen molar-refractivity contribution in [2.75, 3.05) is 6.54 Å². The van der Waals surface area contributed by atoms with E-state index in [-0.39, 0.29) is 18.0 Å². The van der Waals surface area contributed by atoms with Crippen LogP contribution in [0.4, 0.5) is 0 Å². The maximum atomic E-state index is 12.0. The van der Waals surface area contributed by atoms with Gasteiger partial charge in [0, 0.05) is 24.9 Å². The zero-order chi connectivity index (χ0) is 12.4. The van der Waals surface area contributed by atoms with E-state index in [1.165, 1.54) is 5.56 Å². The van der Waals surface area contributed by atoms with Crippen LogP contribution < -0.4 is 5.73 Å². The van der Waals surface area contributed by atoms with Gasteiger partial charge >= 0.3 is 0 Å². The van der Waals surface area contributed by atoms with Gasteiger partial charge in [0.15, 0.2) is 0 Å². The Morgan fingerprint density at radius 2 is 1.94 bits per heavy atom. The lowest BCUT2D eigenvalue weighted by Crippen LogP contribution is -2.32. The topological polar surface area (TPSA) is 46.3 Å². The van der Waals surface area contributed by atoms with Gasteiger partial charge in [-0.1, -0.05) is 30.3 Å². The first-order chi connectivity index (χ1) is 8.09. The number of rotatable bonds is 3. The molecule has 2 N–H and O–H groups in total. The molecule has 1 aromatic carbocycles. The predicted octanol–water partition coefficient (Wildman–Crippen LogP) is 1.94.